The number of ether oxygens (including phenoxy) is 2. The maximum Gasteiger partial charge on any atom is 0.324 e. The summed E-state index contributed by atoms with van der Waals surface area (Å²) in [5.74, 6) is -3.11. The van der Waals surface area contributed by atoms with Gasteiger partial charge in [0.05, 0.1) is 18.1 Å². The van der Waals surface area contributed by atoms with Crippen molar-refractivity contribution in [1.29, 1.82) is 0 Å². The van der Waals surface area contributed by atoms with Crippen LogP contribution in [0.2, 0.25) is 0 Å². The fourth-order valence-corrected chi connectivity index (χ4v) is 4.41. The van der Waals surface area contributed by atoms with Crippen LogP contribution in [0.3, 0.4) is 0 Å². The minimum atomic E-state index is -3.85. The number of thioether (sulfide) groups is 1. The van der Waals surface area contributed by atoms with E-state index in [0.29, 0.717) is 0 Å². The molecule has 0 aromatic heterocycles. The number of rotatable bonds is 8. The molecule has 0 saturated carbocycles. The van der Waals surface area contributed by atoms with Crippen molar-refractivity contribution in [2.24, 2.45) is 5.92 Å². The van der Waals surface area contributed by atoms with Crippen molar-refractivity contribution in [2.45, 2.75) is 25.7 Å². The molecule has 138 valence electrons. The number of aryl methyl sites for hydroxylation is 1. The summed E-state index contributed by atoms with van der Waals surface area (Å²) in [6, 6.07) is 6.33. The molecule has 1 aromatic carbocycles. The van der Waals surface area contributed by atoms with E-state index in [-0.39, 0.29) is 22.3 Å². The lowest BCUT2D eigenvalue weighted by atomic mass is 10.1. The molecule has 0 unspecified atom stereocenters. The van der Waals surface area contributed by atoms with Gasteiger partial charge in [-0.25, -0.2) is 8.42 Å². The normalized spacial score (nSPS) is 12.1. The molecular formula is C17H22O6S2. The highest BCUT2D eigenvalue weighted by molar-refractivity contribution is 8.18. The third kappa shape index (κ3) is 5.61. The molecular weight excluding hydrogens is 364 g/mol. The lowest BCUT2D eigenvalue weighted by Crippen LogP contribution is -2.27. The van der Waals surface area contributed by atoms with Crippen LogP contribution in [0, 0.1) is 12.8 Å². The van der Waals surface area contributed by atoms with Crippen LogP contribution < -0.4 is 0 Å². The molecule has 0 radical (unpaired) electrons. The number of esters is 2. The van der Waals surface area contributed by atoms with Crippen LogP contribution in [-0.4, -0.2) is 39.8 Å². The van der Waals surface area contributed by atoms with Crippen molar-refractivity contribution in [3.05, 3.63) is 40.1 Å². The van der Waals surface area contributed by atoms with Gasteiger partial charge in [-0.2, -0.15) is 0 Å². The number of hydrogen-bond acceptors (Lipinski definition) is 7. The van der Waals surface area contributed by atoms with Crippen molar-refractivity contribution >= 4 is 33.5 Å². The highest BCUT2D eigenvalue weighted by Crippen LogP contribution is 2.29. The molecule has 0 atom stereocenters. The number of carbonyl (C=O) groups excluding carboxylic acids is 2. The van der Waals surface area contributed by atoms with Gasteiger partial charge in [0.15, 0.2) is 5.92 Å². The van der Waals surface area contributed by atoms with E-state index in [0.717, 1.165) is 23.4 Å². The second kappa shape index (κ2) is 9.62. The molecule has 25 heavy (non-hydrogen) atoms. The quantitative estimate of drug-likeness (QED) is 0.501. The van der Waals surface area contributed by atoms with Gasteiger partial charge in [0.2, 0.25) is 9.84 Å². The van der Waals surface area contributed by atoms with Crippen LogP contribution in [0.25, 0.3) is 0 Å². The first-order valence-corrected chi connectivity index (χ1v) is 10.4. The second-order valence-electron chi connectivity index (χ2n) is 4.99. The first-order chi connectivity index (χ1) is 11.8. The number of sulfone groups is 1. The zero-order valence-corrected chi connectivity index (χ0v) is 16.3. The third-order valence-corrected chi connectivity index (χ3v) is 6.44. The van der Waals surface area contributed by atoms with Crippen molar-refractivity contribution in [1.82, 2.24) is 0 Å². The van der Waals surface area contributed by atoms with Crippen molar-refractivity contribution in [2.75, 3.05) is 19.5 Å². The molecule has 0 aliphatic rings. The molecule has 8 heteroatoms. The third-order valence-electron chi connectivity index (χ3n) is 3.18. The molecule has 0 fully saturated rings. The summed E-state index contributed by atoms with van der Waals surface area (Å²) in [7, 11) is -3.85. The Kier molecular flexibility index (Phi) is 8.18. The molecule has 1 rings (SSSR count). The molecule has 0 saturated heterocycles. The van der Waals surface area contributed by atoms with Gasteiger partial charge >= 0.3 is 11.9 Å². The van der Waals surface area contributed by atoms with E-state index in [1.54, 1.807) is 32.2 Å². The zero-order valence-electron chi connectivity index (χ0n) is 14.6. The smallest absolute Gasteiger partial charge is 0.324 e. The van der Waals surface area contributed by atoms with E-state index in [9.17, 15) is 18.0 Å². The molecule has 0 heterocycles. The fourth-order valence-electron chi connectivity index (χ4n) is 1.93. The van der Waals surface area contributed by atoms with Crippen molar-refractivity contribution in [3.63, 3.8) is 0 Å². The Morgan fingerprint density at radius 1 is 1.08 bits per heavy atom. The van der Waals surface area contributed by atoms with Gasteiger partial charge in [0.25, 0.3) is 0 Å². The van der Waals surface area contributed by atoms with Gasteiger partial charge in [0, 0.05) is 0 Å². The maximum absolute atomic E-state index is 12.8. The highest BCUT2D eigenvalue weighted by atomic mass is 32.3. The Labute approximate surface area is 152 Å². The number of benzene rings is 1. The summed E-state index contributed by atoms with van der Waals surface area (Å²) in [6.45, 7) is 5.19. The van der Waals surface area contributed by atoms with E-state index in [1.807, 2.05) is 6.92 Å². The average molecular weight is 386 g/mol. The molecule has 0 aliphatic carbocycles. The van der Waals surface area contributed by atoms with E-state index in [4.69, 9.17) is 9.47 Å². The Morgan fingerprint density at radius 3 is 1.96 bits per heavy atom. The van der Waals surface area contributed by atoms with Crippen LogP contribution in [0.1, 0.15) is 19.4 Å². The van der Waals surface area contributed by atoms with E-state index >= 15 is 0 Å². The summed E-state index contributed by atoms with van der Waals surface area (Å²) < 4.78 is 35.2. The van der Waals surface area contributed by atoms with Gasteiger partial charge in [-0.05, 0) is 45.2 Å². The fraction of sp³-hybridized carbons (Fsp3) is 0.412. The number of carbonyl (C=O) groups is 2. The largest absolute Gasteiger partial charge is 0.465 e. The first-order valence-electron chi connectivity index (χ1n) is 7.68. The topological polar surface area (TPSA) is 86.7 Å². The summed E-state index contributed by atoms with van der Waals surface area (Å²) in [5, 5.41) is 0. The first kappa shape index (κ1) is 21.2. The Balaban J connectivity index is 3.32. The van der Waals surface area contributed by atoms with Crippen LogP contribution in [0.4, 0.5) is 0 Å². The second-order valence-corrected chi connectivity index (χ2v) is 8.01. The minimum Gasteiger partial charge on any atom is -0.465 e. The molecule has 0 amide bonds. The average Bonchev–Trinajstić information content (AvgIpc) is 2.56. The summed E-state index contributed by atoms with van der Waals surface area (Å²) in [4.78, 5) is 24.2. The SMILES string of the molecule is CCOC(=O)C(/C=C(/SC)S(=O)(=O)c1ccc(C)cc1)C(=O)OCC. The van der Waals surface area contributed by atoms with Gasteiger partial charge in [-0.1, -0.05) is 17.7 Å². The van der Waals surface area contributed by atoms with Crippen LogP contribution >= 0.6 is 11.8 Å². The molecule has 0 bridgehead atoms. The highest BCUT2D eigenvalue weighted by Gasteiger charge is 2.31. The molecule has 1 aromatic rings. The summed E-state index contributed by atoms with van der Waals surface area (Å²) in [6.07, 6.45) is 2.65. The maximum atomic E-state index is 12.8. The monoisotopic (exact) mass is 386 g/mol. The molecule has 0 N–H and O–H groups in total. The van der Waals surface area contributed by atoms with Crippen LogP contribution in [0.5, 0.6) is 0 Å². The van der Waals surface area contributed by atoms with Gasteiger partial charge < -0.3 is 9.47 Å². The minimum absolute atomic E-state index is 0.0713. The van der Waals surface area contributed by atoms with Gasteiger partial charge in [0.1, 0.15) is 4.24 Å². The van der Waals surface area contributed by atoms with E-state index in [1.165, 1.54) is 12.1 Å². The standard InChI is InChI=1S/C17H22O6S2/c1-5-22-16(18)14(17(19)23-6-2)11-15(24-4)25(20,21)13-9-7-12(3)8-10-13/h7-11,14H,5-6H2,1-4H3/b15-11-. The Bertz CT molecular complexity index is 717. The predicted octanol–water partition coefficient (Wildman–Crippen LogP) is 2.72. The zero-order chi connectivity index (χ0) is 19.0. The van der Waals surface area contributed by atoms with Crippen LogP contribution in [0.15, 0.2) is 39.5 Å². The lowest BCUT2D eigenvalue weighted by molar-refractivity contribution is -0.158. The lowest BCUT2D eigenvalue weighted by Gasteiger charge is -2.13. The van der Waals surface area contributed by atoms with Crippen LogP contribution in [-0.2, 0) is 28.9 Å². The molecule has 0 spiro atoms. The molecule has 0 aliphatic heterocycles. The summed E-state index contributed by atoms with van der Waals surface area (Å²) in [5.41, 5.74) is 0.921. The Hall–Kier alpha value is -1.80. The van der Waals surface area contributed by atoms with E-state index < -0.39 is 27.7 Å². The predicted molar refractivity (Wildman–Crippen MR) is 96.7 cm³/mol. The number of hydrogen-bond donors (Lipinski definition) is 0. The van der Waals surface area contributed by atoms with Gasteiger partial charge in [-0.15, -0.1) is 11.8 Å². The molecule has 6 nitrogen and oxygen atoms in total. The van der Waals surface area contributed by atoms with E-state index in [2.05, 4.69) is 0 Å². The van der Waals surface area contributed by atoms with Gasteiger partial charge in [-0.3, -0.25) is 9.59 Å². The Morgan fingerprint density at radius 2 is 1.56 bits per heavy atom. The summed E-state index contributed by atoms with van der Waals surface area (Å²) >= 11 is 0.933. The van der Waals surface area contributed by atoms with Crippen molar-refractivity contribution < 1.29 is 27.5 Å². The van der Waals surface area contributed by atoms with Crippen molar-refractivity contribution in [3.8, 4) is 0 Å².